The number of nitrogens with zero attached hydrogens (tertiary/aromatic N) is 1. The van der Waals surface area contributed by atoms with E-state index in [0.29, 0.717) is 12.1 Å². The van der Waals surface area contributed by atoms with E-state index in [1.165, 1.54) is 18.2 Å². The zero-order valence-electron chi connectivity index (χ0n) is 17.4. The van der Waals surface area contributed by atoms with E-state index in [2.05, 4.69) is 10.2 Å². The summed E-state index contributed by atoms with van der Waals surface area (Å²) in [4.78, 5) is 14.8. The van der Waals surface area contributed by atoms with Gasteiger partial charge >= 0.3 is 0 Å². The van der Waals surface area contributed by atoms with Gasteiger partial charge in [0.25, 0.3) is 0 Å². The van der Waals surface area contributed by atoms with Gasteiger partial charge in [-0.25, -0.2) is 8.78 Å². The molecule has 1 aliphatic rings. The minimum Gasteiger partial charge on any atom is -0.352 e. The van der Waals surface area contributed by atoms with Gasteiger partial charge in [-0.3, -0.25) is 9.69 Å². The predicted octanol–water partition coefficient (Wildman–Crippen LogP) is 5.16. The van der Waals surface area contributed by atoms with E-state index in [1.807, 2.05) is 36.4 Å². The van der Waals surface area contributed by atoms with E-state index in [0.717, 1.165) is 49.2 Å². The Morgan fingerprint density at radius 2 is 1.61 bits per heavy atom. The lowest BCUT2D eigenvalue weighted by molar-refractivity contribution is -0.126. The average molecular weight is 421 g/mol. The molecule has 1 amide bonds. The van der Waals surface area contributed by atoms with Crippen LogP contribution in [-0.4, -0.2) is 23.9 Å². The largest absolute Gasteiger partial charge is 0.352 e. The zero-order chi connectivity index (χ0) is 21.6. The molecule has 31 heavy (non-hydrogen) atoms. The Balaban J connectivity index is 1.33. The van der Waals surface area contributed by atoms with Crippen LogP contribution in [0.15, 0.2) is 72.8 Å². The van der Waals surface area contributed by atoms with Gasteiger partial charge in [0.05, 0.1) is 0 Å². The highest BCUT2D eigenvalue weighted by atomic mass is 19.1. The highest BCUT2D eigenvalue weighted by Crippen LogP contribution is 2.28. The average Bonchev–Trinajstić information content (AvgIpc) is 2.79. The summed E-state index contributed by atoms with van der Waals surface area (Å²) >= 11 is 0. The number of benzene rings is 3. The standard InChI is InChI=1S/C26H26F2N2O/c27-22-8-5-6-19(16-22)17-29-26(31)20-12-14-30(15-13-20)18-21-7-1-2-9-23(21)24-10-3-4-11-25(24)28/h1-11,16,20H,12-15,17-18H2,(H,29,31). The van der Waals surface area contributed by atoms with Crippen LogP contribution in [0.4, 0.5) is 8.78 Å². The first-order valence-electron chi connectivity index (χ1n) is 10.7. The fourth-order valence-electron chi connectivity index (χ4n) is 4.18. The molecule has 0 bridgehead atoms. The molecule has 3 aromatic carbocycles. The monoisotopic (exact) mass is 420 g/mol. The van der Waals surface area contributed by atoms with Gasteiger partial charge in [-0.05, 0) is 60.8 Å². The molecule has 1 N–H and O–H groups in total. The molecule has 1 fully saturated rings. The Labute approximate surface area is 181 Å². The number of likely N-dealkylation sites (tertiary alicyclic amines) is 1. The molecule has 0 unspecified atom stereocenters. The summed E-state index contributed by atoms with van der Waals surface area (Å²) in [7, 11) is 0. The van der Waals surface area contributed by atoms with Crippen LogP contribution in [0.1, 0.15) is 24.0 Å². The fourth-order valence-corrected chi connectivity index (χ4v) is 4.18. The van der Waals surface area contributed by atoms with Gasteiger partial charge in [0.1, 0.15) is 11.6 Å². The van der Waals surface area contributed by atoms with Crippen molar-refractivity contribution in [1.82, 2.24) is 10.2 Å². The van der Waals surface area contributed by atoms with Crippen LogP contribution in [0.2, 0.25) is 0 Å². The summed E-state index contributed by atoms with van der Waals surface area (Å²) < 4.78 is 27.6. The second-order valence-electron chi connectivity index (χ2n) is 8.04. The van der Waals surface area contributed by atoms with Crippen molar-refractivity contribution >= 4 is 5.91 Å². The Kier molecular flexibility index (Phi) is 6.73. The van der Waals surface area contributed by atoms with Crippen LogP contribution in [-0.2, 0) is 17.9 Å². The molecule has 5 heteroatoms. The summed E-state index contributed by atoms with van der Waals surface area (Å²) in [5.41, 5.74) is 3.37. The number of nitrogens with one attached hydrogen (secondary N) is 1. The fraction of sp³-hybridized carbons (Fsp3) is 0.269. The van der Waals surface area contributed by atoms with Crippen LogP contribution in [0.5, 0.6) is 0 Å². The maximum atomic E-state index is 14.3. The number of hydrogen-bond donors (Lipinski definition) is 1. The molecule has 0 atom stereocenters. The van der Waals surface area contributed by atoms with E-state index in [-0.39, 0.29) is 23.5 Å². The number of amides is 1. The summed E-state index contributed by atoms with van der Waals surface area (Å²) in [6.07, 6.45) is 1.55. The van der Waals surface area contributed by atoms with Crippen molar-refractivity contribution < 1.29 is 13.6 Å². The van der Waals surface area contributed by atoms with E-state index in [1.54, 1.807) is 18.2 Å². The number of halogens is 2. The Morgan fingerprint density at radius 3 is 2.35 bits per heavy atom. The smallest absolute Gasteiger partial charge is 0.223 e. The van der Waals surface area contributed by atoms with E-state index < -0.39 is 0 Å². The second-order valence-corrected chi connectivity index (χ2v) is 8.04. The van der Waals surface area contributed by atoms with E-state index in [9.17, 15) is 13.6 Å². The lowest BCUT2D eigenvalue weighted by Crippen LogP contribution is -2.40. The summed E-state index contributed by atoms with van der Waals surface area (Å²) in [6.45, 7) is 2.68. The molecular weight excluding hydrogens is 394 g/mol. The minimum absolute atomic E-state index is 0.0238. The van der Waals surface area contributed by atoms with Gasteiger partial charge in [-0.15, -0.1) is 0 Å². The summed E-state index contributed by atoms with van der Waals surface area (Å²) in [5.74, 6) is -0.526. The first kappa shape index (κ1) is 21.2. The Morgan fingerprint density at radius 1 is 0.903 bits per heavy atom. The molecule has 160 valence electrons. The molecule has 1 saturated heterocycles. The van der Waals surface area contributed by atoms with Crippen molar-refractivity contribution in [3.63, 3.8) is 0 Å². The molecule has 1 heterocycles. The second kappa shape index (κ2) is 9.84. The van der Waals surface area contributed by atoms with Crippen molar-refractivity contribution in [2.75, 3.05) is 13.1 Å². The van der Waals surface area contributed by atoms with Gasteiger partial charge in [-0.2, -0.15) is 0 Å². The lowest BCUT2D eigenvalue weighted by Gasteiger charge is -2.31. The van der Waals surface area contributed by atoms with Crippen molar-refractivity contribution in [2.24, 2.45) is 5.92 Å². The molecule has 4 rings (SSSR count). The summed E-state index contributed by atoms with van der Waals surface area (Å²) in [5, 5.41) is 2.93. The number of piperidine rings is 1. The maximum Gasteiger partial charge on any atom is 0.223 e. The highest BCUT2D eigenvalue weighted by Gasteiger charge is 2.25. The highest BCUT2D eigenvalue weighted by molar-refractivity contribution is 5.78. The number of carbonyl (C=O) groups excluding carboxylic acids is 1. The third kappa shape index (κ3) is 5.36. The molecule has 1 aliphatic heterocycles. The zero-order valence-corrected chi connectivity index (χ0v) is 17.4. The topological polar surface area (TPSA) is 32.3 Å². The molecule has 0 aliphatic carbocycles. The van der Waals surface area contributed by atoms with Crippen LogP contribution >= 0.6 is 0 Å². The van der Waals surface area contributed by atoms with E-state index >= 15 is 0 Å². The number of rotatable bonds is 6. The quantitative estimate of drug-likeness (QED) is 0.597. The Bertz CT molecular complexity index is 1040. The SMILES string of the molecule is O=C(NCc1cccc(F)c1)C1CCN(Cc2ccccc2-c2ccccc2F)CC1. The first-order valence-corrected chi connectivity index (χ1v) is 10.7. The van der Waals surface area contributed by atoms with Crippen LogP contribution in [0.3, 0.4) is 0 Å². The number of carbonyl (C=O) groups is 1. The van der Waals surface area contributed by atoms with E-state index in [4.69, 9.17) is 0 Å². The van der Waals surface area contributed by atoms with Crippen molar-refractivity contribution in [1.29, 1.82) is 0 Å². The van der Waals surface area contributed by atoms with Gasteiger partial charge < -0.3 is 5.32 Å². The van der Waals surface area contributed by atoms with Crippen LogP contribution in [0, 0.1) is 17.6 Å². The molecule has 0 aromatic heterocycles. The van der Waals surface area contributed by atoms with Gasteiger partial charge in [0.2, 0.25) is 5.91 Å². The van der Waals surface area contributed by atoms with Gasteiger partial charge in [-0.1, -0.05) is 54.6 Å². The minimum atomic E-state index is -0.296. The molecular formula is C26H26F2N2O. The van der Waals surface area contributed by atoms with Gasteiger partial charge in [0, 0.05) is 24.6 Å². The maximum absolute atomic E-state index is 14.3. The van der Waals surface area contributed by atoms with Crippen LogP contribution in [0.25, 0.3) is 11.1 Å². The third-order valence-corrected chi connectivity index (χ3v) is 5.89. The summed E-state index contributed by atoms with van der Waals surface area (Å²) in [6, 6.07) is 21.0. The molecule has 3 nitrogen and oxygen atoms in total. The first-order chi connectivity index (χ1) is 15.1. The third-order valence-electron chi connectivity index (χ3n) is 5.89. The van der Waals surface area contributed by atoms with Crippen molar-refractivity contribution in [3.8, 4) is 11.1 Å². The van der Waals surface area contributed by atoms with Crippen LogP contribution < -0.4 is 5.32 Å². The molecule has 0 spiro atoms. The van der Waals surface area contributed by atoms with Crippen molar-refractivity contribution in [3.05, 3.63) is 95.6 Å². The lowest BCUT2D eigenvalue weighted by atomic mass is 9.94. The molecule has 3 aromatic rings. The number of hydrogen-bond acceptors (Lipinski definition) is 2. The molecule has 0 saturated carbocycles. The predicted molar refractivity (Wildman–Crippen MR) is 118 cm³/mol. The Hall–Kier alpha value is -3.05. The molecule has 0 radical (unpaired) electrons. The normalized spacial score (nSPS) is 15.0. The van der Waals surface area contributed by atoms with Gasteiger partial charge in [0.15, 0.2) is 0 Å². The van der Waals surface area contributed by atoms with Crippen molar-refractivity contribution in [2.45, 2.75) is 25.9 Å².